The predicted octanol–water partition coefficient (Wildman–Crippen LogP) is 2.20. The van der Waals surface area contributed by atoms with E-state index in [-0.39, 0.29) is 11.8 Å². The number of oxime groups is 1. The molecule has 0 fully saturated rings. The second kappa shape index (κ2) is 5.10. The lowest BCUT2D eigenvalue weighted by Gasteiger charge is -2.25. The van der Waals surface area contributed by atoms with E-state index in [2.05, 4.69) is 16.2 Å². The number of rotatable bonds is 1. The van der Waals surface area contributed by atoms with Crippen molar-refractivity contribution in [2.24, 2.45) is 15.9 Å². The molecule has 0 spiro atoms. The summed E-state index contributed by atoms with van der Waals surface area (Å²) in [5.41, 5.74) is 9.01. The van der Waals surface area contributed by atoms with Gasteiger partial charge in [0.05, 0.1) is 17.6 Å². The van der Waals surface area contributed by atoms with Crippen LogP contribution in [0.1, 0.15) is 28.2 Å². The Morgan fingerprint density at radius 3 is 2.48 bits per heavy atom. The Kier molecular flexibility index (Phi) is 3.13. The zero-order valence-electron chi connectivity index (χ0n) is 11.1. The van der Waals surface area contributed by atoms with Crippen LogP contribution >= 0.6 is 0 Å². The van der Waals surface area contributed by atoms with Crippen molar-refractivity contribution in [1.29, 1.82) is 5.26 Å². The number of nitrogens with zero attached hydrogens (tertiary/aromatic N) is 3. The van der Waals surface area contributed by atoms with Gasteiger partial charge in [-0.2, -0.15) is 5.26 Å². The average molecular weight is 276 g/mol. The molecule has 0 aliphatic carbocycles. The molecule has 5 nitrogen and oxygen atoms in total. The number of fused-ring (bicyclic) bond motifs is 1. The predicted molar refractivity (Wildman–Crippen MR) is 79.4 cm³/mol. The molecule has 1 heterocycles. The number of nitriles is 1. The lowest BCUT2D eigenvalue weighted by molar-refractivity contribution is 0.318. The summed E-state index contributed by atoms with van der Waals surface area (Å²) in [4.78, 5) is 4.16. The summed E-state index contributed by atoms with van der Waals surface area (Å²) in [6.45, 7) is 0. The largest absolute Gasteiger partial charge is 0.409 e. The Morgan fingerprint density at radius 1 is 1.10 bits per heavy atom. The second-order valence-corrected chi connectivity index (χ2v) is 4.68. The second-order valence-electron chi connectivity index (χ2n) is 4.68. The van der Waals surface area contributed by atoms with Gasteiger partial charge in [-0.1, -0.05) is 47.6 Å². The Hall–Kier alpha value is -3.13. The van der Waals surface area contributed by atoms with Crippen molar-refractivity contribution >= 4 is 11.7 Å². The molecule has 2 aromatic rings. The zero-order valence-corrected chi connectivity index (χ0v) is 11.1. The first-order valence-corrected chi connectivity index (χ1v) is 6.40. The number of aliphatic imine (C=N–C) groups is 1. The van der Waals surface area contributed by atoms with E-state index in [4.69, 9.17) is 10.9 Å². The van der Waals surface area contributed by atoms with Crippen LogP contribution in [0.4, 0.5) is 0 Å². The van der Waals surface area contributed by atoms with Crippen molar-refractivity contribution in [3.05, 3.63) is 70.8 Å². The highest BCUT2D eigenvalue weighted by atomic mass is 16.4. The van der Waals surface area contributed by atoms with E-state index < -0.39 is 0 Å². The minimum Gasteiger partial charge on any atom is -0.409 e. The van der Waals surface area contributed by atoms with Crippen LogP contribution in [-0.2, 0) is 0 Å². The number of hydrogen-bond acceptors (Lipinski definition) is 4. The SMILES string of the molecule is N#Cc1ccccc1C1C(N)=NC(=NO)c2ccccc21. The summed E-state index contributed by atoms with van der Waals surface area (Å²) < 4.78 is 0. The standard InChI is InChI=1S/C16H12N4O/c17-9-10-5-1-2-6-11(10)14-12-7-3-4-8-13(12)16(20-21)19-15(14)18/h1-8,14,21H,(H2,18,19,20). The number of benzene rings is 2. The van der Waals surface area contributed by atoms with Crippen molar-refractivity contribution in [2.75, 3.05) is 0 Å². The summed E-state index contributed by atoms with van der Waals surface area (Å²) in [7, 11) is 0. The molecule has 5 heteroatoms. The van der Waals surface area contributed by atoms with Gasteiger partial charge in [-0.3, -0.25) is 0 Å². The van der Waals surface area contributed by atoms with Crippen molar-refractivity contribution in [3.8, 4) is 6.07 Å². The Morgan fingerprint density at radius 2 is 1.76 bits per heavy atom. The van der Waals surface area contributed by atoms with Gasteiger partial charge in [-0.05, 0) is 17.2 Å². The lowest BCUT2D eigenvalue weighted by atomic mass is 9.83. The molecule has 0 aromatic heterocycles. The highest BCUT2D eigenvalue weighted by molar-refractivity contribution is 6.13. The van der Waals surface area contributed by atoms with E-state index in [0.717, 1.165) is 11.1 Å². The van der Waals surface area contributed by atoms with Gasteiger partial charge in [-0.15, -0.1) is 0 Å². The number of hydrogen-bond donors (Lipinski definition) is 2. The summed E-state index contributed by atoms with van der Waals surface area (Å²) in [5, 5.41) is 21.6. The van der Waals surface area contributed by atoms with Crippen LogP contribution in [0.25, 0.3) is 0 Å². The highest BCUT2D eigenvalue weighted by Gasteiger charge is 2.29. The van der Waals surface area contributed by atoms with Crippen LogP contribution in [-0.4, -0.2) is 16.9 Å². The lowest BCUT2D eigenvalue weighted by Crippen LogP contribution is -2.30. The maximum Gasteiger partial charge on any atom is 0.200 e. The van der Waals surface area contributed by atoms with E-state index in [1.54, 1.807) is 6.07 Å². The molecule has 1 unspecified atom stereocenters. The molecule has 102 valence electrons. The smallest absolute Gasteiger partial charge is 0.200 e. The molecule has 0 radical (unpaired) electrons. The van der Waals surface area contributed by atoms with E-state index in [9.17, 15) is 5.26 Å². The third kappa shape index (κ3) is 2.03. The third-order valence-electron chi connectivity index (χ3n) is 3.53. The fourth-order valence-corrected chi connectivity index (χ4v) is 2.61. The molecular formula is C16H12N4O. The summed E-state index contributed by atoms with van der Waals surface area (Å²) in [5.74, 6) is 0.181. The zero-order chi connectivity index (χ0) is 14.8. The van der Waals surface area contributed by atoms with Crippen LogP contribution in [0.3, 0.4) is 0 Å². The molecule has 0 bridgehead atoms. The summed E-state index contributed by atoms with van der Waals surface area (Å²) >= 11 is 0. The van der Waals surface area contributed by atoms with E-state index in [0.29, 0.717) is 17.0 Å². The summed E-state index contributed by atoms with van der Waals surface area (Å²) in [6, 6.07) is 16.9. The van der Waals surface area contributed by atoms with E-state index in [1.807, 2.05) is 42.5 Å². The van der Waals surface area contributed by atoms with Crippen LogP contribution in [0.15, 0.2) is 58.7 Å². The van der Waals surface area contributed by atoms with Gasteiger partial charge in [0.15, 0.2) is 5.84 Å². The normalized spacial score (nSPS) is 18.7. The first kappa shape index (κ1) is 12.9. The molecular weight excluding hydrogens is 264 g/mol. The average Bonchev–Trinajstić information content (AvgIpc) is 2.54. The van der Waals surface area contributed by atoms with Crippen molar-refractivity contribution in [1.82, 2.24) is 0 Å². The minimum atomic E-state index is -0.317. The maximum atomic E-state index is 9.29. The molecule has 1 aliphatic rings. The molecule has 0 saturated heterocycles. The van der Waals surface area contributed by atoms with Crippen LogP contribution < -0.4 is 5.73 Å². The van der Waals surface area contributed by atoms with Crippen molar-refractivity contribution in [2.45, 2.75) is 5.92 Å². The molecule has 1 aliphatic heterocycles. The van der Waals surface area contributed by atoms with E-state index >= 15 is 0 Å². The van der Waals surface area contributed by atoms with Crippen molar-refractivity contribution in [3.63, 3.8) is 0 Å². The summed E-state index contributed by atoms with van der Waals surface area (Å²) in [6.07, 6.45) is 0. The van der Waals surface area contributed by atoms with Gasteiger partial charge < -0.3 is 10.9 Å². The minimum absolute atomic E-state index is 0.189. The fourth-order valence-electron chi connectivity index (χ4n) is 2.61. The van der Waals surface area contributed by atoms with Gasteiger partial charge in [0.1, 0.15) is 5.84 Å². The molecule has 0 saturated carbocycles. The van der Waals surface area contributed by atoms with Gasteiger partial charge >= 0.3 is 0 Å². The van der Waals surface area contributed by atoms with Crippen molar-refractivity contribution < 1.29 is 5.21 Å². The van der Waals surface area contributed by atoms with Crippen LogP contribution in [0, 0.1) is 11.3 Å². The van der Waals surface area contributed by atoms with Crippen LogP contribution in [0.2, 0.25) is 0 Å². The van der Waals surface area contributed by atoms with E-state index in [1.165, 1.54) is 0 Å². The number of nitrogens with two attached hydrogens (primary N) is 1. The molecule has 1 atom stereocenters. The maximum absolute atomic E-state index is 9.29. The Labute approximate surface area is 121 Å². The van der Waals surface area contributed by atoms with Gasteiger partial charge in [0, 0.05) is 5.56 Å². The number of amidine groups is 2. The van der Waals surface area contributed by atoms with Gasteiger partial charge in [0.25, 0.3) is 0 Å². The fraction of sp³-hybridized carbons (Fsp3) is 0.0625. The highest BCUT2D eigenvalue weighted by Crippen LogP contribution is 2.33. The molecule has 0 amide bonds. The Bertz CT molecular complexity index is 802. The molecule has 21 heavy (non-hydrogen) atoms. The quantitative estimate of drug-likeness (QED) is 0.617. The molecule has 3 N–H and O–H groups in total. The van der Waals surface area contributed by atoms with Gasteiger partial charge in [-0.25, -0.2) is 4.99 Å². The monoisotopic (exact) mass is 276 g/mol. The first-order chi connectivity index (χ1) is 10.3. The van der Waals surface area contributed by atoms with Gasteiger partial charge in [0.2, 0.25) is 0 Å². The third-order valence-corrected chi connectivity index (χ3v) is 3.53. The topological polar surface area (TPSA) is 94.8 Å². The van der Waals surface area contributed by atoms with Crippen LogP contribution in [0.5, 0.6) is 0 Å². The molecule has 2 aromatic carbocycles. The first-order valence-electron chi connectivity index (χ1n) is 6.40. The Balaban J connectivity index is 2.26. The molecule has 3 rings (SSSR count).